The number of likely N-dealkylation sites (N-methyl/N-ethyl adjacent to an activating group) is 1. The van der Waals surface area contributed by atoms with E-state index >= 15 is 0 Å². The Kier molecular flexibility index (Phi) is 2.87. The maximum absolute atomic E-state index is 9.64. The molecule has 0 aromatic rings. The highest BCUT2D eigenvalue weighted by Crippen LogP contribution is 2.17. The van der Waals surface area contributed by atoms with Gasteiger partial charge >= 0.3 is 0 Å². The van der Waals surface area contributed by atoms with Crippen LogP contribution in [-0.4, -0.2) is 49.0 Å². The van der Waals surface area contributed by atoms with Crippen molar-refractivity contribution in [1.82, 2.24) is 4.90 Å². The summed E-state index contributed by atoms with van der Waals surface area (Å²) in [6.07, 6.45) is 0.577. The second-order valence-electron chi connectivity index (χ2n) is 3.39. The Bertz CT molecular complexity index is 127. The molecule has 0 saturated carbocycles. The molecule has 1 fully saturated rings. The van der Waals surface area contributed by atoms with Crippen molar-refractivity contribution in [1.29, 1.82) is 0 Å². The number of hydrogen-bond donors (Lipinski definition) is 1. The molecule has 1 saturated heterocycles. The van der Waals surface area contributed by atoms with Crippen LogP contribution >= 0.6 is 0 Å². The number of aliphatic hydroxyl groups is 1. The number of rotatable bonds is 1. The van der Waals surface area contributed by atoms with Crippen LogP contribution in [0.1, 0.15) is 13.3 Å². The molecule has 1 aliphatic heterocycles. The monoisotopic (exact) mass is 159 g/mol. The summed E-state index contributed by atoms with van der Waals surface area (Å²) >= 11 is 0. The van der Waals surface area contributed by atoms with Gasteiger partial charge in [0, 0.05) is 12.6 Å². The third kappa shape index (κ3) is 1.92. The van der Waals surface area contributed by atoms with E-state index in [4.69, 9.17) is 4.74 Å². The molecular weight excluding hydrogens is 142 g/mol. The Morgan fingerprint density at radius 1 is 1.45 bits per heavy atom. The quantitative estimate of drug-likeness (QED) is 0.588. The van der Waals surface area contributed by atoms with Gasteiger partial charge in [0.1, 0.15) is 0 Å². The third-order valence-electron chi connectivity index (χ3n) is 2.33. The van der Waals surface area contributed by atoms with Crippen LogP contribution < -0.4 is 0 Å². The van der Waals surface area contributed by atoms with E-state index in [0.717, 1.165) is 13.0 Å². The fraction of sp³-hybridized carbons (Fsp3) is 1.00. The van der Waals surface area contributed by atoms with E-state index in [0.29, 0.717) is 0 Å². The molecule has 0 amide bonds. The van der Waals surface area contributed by atoms with Crippen LogP contribution in [0.25, 0.3) is 0 Å². The van der Waals surface area contributed by atoms with E-state index in [2.05, 4.69) is 4.90 Å². The molecular formula is C8H17NO2. The summed E-state index contributed by atoms with van der Waals surface area (Å²) in [5, 5.41) is 9.64. The fourth-order valence-electron chi connectivity index (χ4n) is 1.52. The molecule has 1 rings (SSSR count). The van der Waals surface area contributed by atoms with E-state index in [1.54, 1.807) is 0 Å². The number of nitrogens with zero attached hydrogens (tertiary/aromatic N) is 1. The number of hydrogen-bond acceptors (Lipinski definition) is 3. The van der Waals surface area contributed by atoms with Gasteiger partial charge in [0.15, 0.2) is 0 Å². The summed E-state index contributed by atoms with van der Waals surface area (Å²) in [7, 11) is 3.98. The Hall–Kier alpha value is -0.120. The van der Waals surface area contributed by atoms with Crippen LogP contribution in [0, 0.1) is 0 Å². The van der Waals surface area contributed by atoms with Gasteiger partial charge in [0.05, 0.1) is 12.2 Å². The predicted molar refractivity (Wildman–Crippen MR) is 43.5 cm³/mol. The zero-order valence-corrected chi connectivity index (χ0v) is 7.45. The van der Waals surface area contributed by atoms with Gasteiger partial charge in [-0.25, -0.2) is 0 Å². The van der Waals surface area contributed by atoms with Gasteiger partial charge in [-0.15, -0.1) is 0 Å². The van der Waals surface area contributed by atoms with Crippen LogP contribution in [0.5, 0.6) is 0 Å². The van der Waals surface area contributed by atoms with Crippen molar-refractivity contribution in [3.05, 3.63) is 0 Å². The van der Waals surface area contributed by atoms with Crippen molar-refractivity contribution < 1.29 is 9.84 Å². The van der Waals surface area contributed by atoms with Gasteiger partial charge in [0.25, 0.3) is 0 Å². The van der Waals surface area contributed by atoms with Gasteiger partial charge in [-0.2, -0.15) is 0 Å². The van der Waals surface area contributed by atoms with Crippen LogP contribution in [-0.2, 0) is 4.74 Å². The normalized spacial score (nSPS) is 39.5. The molecule has 0 aromatic heterocycles. The van der Waals surface area contributed by atoms with Crippen molar-refractivity contribution in [2.45, 2.75) is 31.6 Å². The highest BCUT2D eigenvalue weighted by molar-refractivity contribution is 4.83. The number of ether oxygens (including phenoxy) is 1. The van der Waals surface area contributed by atoms with Crippen molar-refractivity contribution in [2.75, 3.05) is 20.7 Å². The first-order chi connectivity index (χ1) is 5.13. The molecule has 3 heteroatoms. The molecule has 0 aromatic carbocycles. The molecule has 0 spiro atoms. The van der Waals surface area contributed by atoms with Crippen LogP contribution in [0.15, 0.2) is 0 Å². The minimum Gasteiger partial charge on any atom is -0.389 e. The van der Waals surface area contributed by atoms with E-state index < -0.39 is 0 Å². The Morgan fingerprint density at radius 2 is 2.09 bits per heavy atom. The Labute approximate surface area is 68.0 Å². The topological polar surface area (TPSA) is 32.7 Å². The fourth-order valence-corrected chi connectivity index (χ4v) is 1.52. The van der Waals surface area contributed by atoms with E-state index in [1.165, 1.54) is 0 Å². The van der Waals surface area contributed by atoms with Crippen LogP contribution in [0.3, 0.4) is 0 Å². The van der Waals surface area contributed by atoms with E-state index in [1.807, 2.05) is 21.0 Å². The molecule has 3 nitrogen and oxygen atoms in total. The first kappa shape index (κ1) is 8.97. The minimum absolute atomic E-state index is 0.0175. The average Bonchev–Trinajstić information content (AvgIpc) is 1.94. The number of aliphatic hydroxyl groups excluding tert-OH is 1. The Morgan fingerprint density at radius 3 is 2.55 bits per heavy atom. The predicted octanol–water partition coefficient (Wildman–Crippen LogP) is 0.0863. The zero-order chi connectivity index (χ0) is 8.43. The van der Waals surface area contributed by atoms with Crippen LogP contribution in [0.2, 0.25) is 0 Å². The molecule has 1 unspecified atom stereocenters. The summed E-state index contributed by atoms with van der Waals surface area (Å²) in [5.74, 6) is 0. The smallest absolute Gasteiger partial charge is 0.0954 e. The summed E-state index contributed by atoms with van der Waals surface area (Å²) in [5.41, 5.74) is 0. The zero-order valence-electron chi connectivity index (χ0n) is 7.45. The van der Waals surface area contributed by atoms with Crippen molar-refractivity contribution >= 4 is 0 Å². The summed E-state index contributed by atoms with van der Waals surface area (Å²) in [4.78, 5) is 2.06. The largest absolute Gasteiger partial charge is 0.389 e. The molecule has 1 aliphatic rings. The maximum atomic E-state index is 9.64. The standard InChI is InChI=1S/C8H17NO2/c1-6-8(10)7(9(2)3)4-5-11-6/h6-8,10H,4-5H2,1-3H3/t6-,7+,8?/m0/s1. The van der Waals surface area contributed by atoms with Gasteiger partial charge in [-0.3, -0.25) is 0 Å². The summed E-state index contributed by atoms with van der Waals surface area (Å²) in [6, 6.07) is 0.263. The SMILES string of the molecule is C[C@@H]1OCC[C@@H](N(C)C)C1O. The molecule has 0 bridgehead atoms. The first-order valence-corrected chi connectivity index (χ1v) is 4.09. The van der Waals surface area contributed by atoms with Crippen molar-refractivity contribution in [3.8, 4) is 0 Å². The van der Waals surface area contributed by atoms with Crippen LogP contribution in [0.4, 0.5) is 0 Å². The van der Waals surface area contributed by atoms with Gasteiger partial charge in [-0.05, 0) is 27.4 Å². The molecule has 11 heavy (non-hydrogen) atoms. The average molecular weight is 159 g/mol. The third-order valence-corrected chi connectivity index (χ3v) is 2.33. The van der Waals surface area contributed by atoms with Gasteiger partial charge in [0.2, 0.25) is 0 Å². The highest BCUT2D eigenvalue weighted by atomic mass is 16.5. The second-order valence-corrected chi connectivity index (χ2v) is 3.39. The van der Waals surface area contributed by atoms with E-state index in [-0.39, 0.29) is 18.2 Å². The van der Waals surface area contributed by atoms with Crippen molar-refractivity contribution in [3.63, 3.8) is 0 Å². The Balaban J connectivity index is 2.51. The lowest BCUT2D eigenvalue weighted by molar-refractivity contribution is -0.101. The minimum atomic E-state index is -0.334. The van der Waals surface area contributed by atoms with Gasteiger partial charge in [-0.1, -0.05) is 0 Å². The van der Waals surface area contributed by atoms with Gasteiger partial charge < -0.3 is 14.7 Å². The molecule has 3 atom stereocenters. The first-order valence-electron chi connectivity index (χ1n) is 4.09. The van der Waals surface area contributed by atoms with E-state index in [9.17, 15) is 5.11 Å². The molecule has 0 aliphatic carbocycles. The van der Waals surface area contributed by atoms with Crippen molar-refractivity contribution in [2.24, 2.45) is 0 Å². The lowest BCUT2D eigenvalue weighted by Gasteiger charge is -2.36. The molecule has 1 N–H and O–H groups in total. The summed E-state index contributed by atoms with van der Waals surface area (Å²) in [6.45, 7) is 2.68. The highest BCUT2D eigenvalue weighted by Gasteiger charge is 2.30. The summed E-state index contributed by atoms with van der Waals surface area (Å²) < 4.78 is 5.29. The molecule has 1 heterocycles. The lowest BCUT2D eigenvalue weighted by Crippen LogP contribution is -2.49. The maximum Gasteiger partial charge on any atom is 0.0954 e. The second kappa shape index (κ2) is 3.52. The lowest BCUT2D eigenvalue weighted by atomic mass is 10.00. The molecule has 0 radical (unpaired) electrons. The molecule has 66 valence electrons.